The second kappa shape index (κ2) is 8.79. The van der Waals surface area contributed by atoms with Gasteiger partial charge in [0.05, 0.1) is 32.5 Å². The van der Waals surface area contributed by atoms with Crippen LogP contribution in [0.4, 0.5) is 0 Å². The Morgan fingerprint density at radius 2 is 2.22 bits per heavy atom. The number of hydrogen-bond donors (Lipinski definition) is 2. The summed E-state index contributed by atoms with van der Waals surface area (Å²) in [6, 6.07) is 0. The molecular formula is C12H25NO5. The molecular weight excluding hydrogens is 238 g/mol. The summed E-state index contributed by atoms with van der Waals surface area (Å²) in [4.78, 5) is 0. The van der Waals surface area contributed by atoms with Crippen LogP contribution in [-0.4, -0.2) is 77.2 Å². The van der Waals surface area contributed by atoms with Crippen molar-refractivity contribution < 1.29 is 24.1 Å². The van der Waals surface area contributed by atoms with E-state index in [0.29, 0.717) is 39.5 Å². The number of nitrogens with one attached hydrogen (secondary N) is 1. The zero-order chi connectivity index (χ0) is 13.3. The molecule has 0 spiro atoms. The Balaban J connectivity index is 2.05. The van der Waals surface area contributed by atoms with Crippen LogP contribution in [0.2, 0.25) is 0 Å². The summed E-state index contributed by atoms with van der Waals surface area (Å²) in [5.41, 5.74) is -0.239. The maximum absolute atomic E-state index is 9.68. The van der Waals surface area contributed by atoms with Gasteiger partial charge in [0.2, 0.25) is 0 Å². The molecule has 0 saturated carbocycles. The van der Waals surface area contributed by atoms with Crippen molar-refractivity contribution in [1.82, 2.24) is 5.32 Å². The molecule has 18 heavy (non-hydrogen) atoms. The van der Waals surface area contributed by atoms with Gasteiger partial charge in [-0.2, -0.15) is 0 Å². The van der Waals surface area contributed by atoms with Crippen LogP contribution in [0.5, 0.6) is 0 Å². The van der Waals surface area contributed by atoms with E-state index in [1.54, 1.807) is 14.2 Å². The molecule has 108 valence electrons. The fourth-order valence-electron chi connectivity index (χ4n) is 1.85. The summed E-state index contributed by atoms with van der Waals surface area (Å²) in [5.74, 6) is 0. The topological polar surface area (TPSA) is 69.2 Å². The van der Waals surface area contributed by atoms with Crippen LogP contribution in [0.1, 0.15) is 6.42 Å². The average molecular weight is 263 g/mol. The second-order valence-corrected chi connectivity index (χ2v) is 4.54. The van der Waals surface area contributed by atoms with Gasteiger partial charge in [-0.1, -0.05) is 0 Å². The van der Waals surface area contributed by atoms with E-state index in [0.717, 1.165) is 13.0 Å². The Hall–Kier alpha value is -0.240. The molecule has 1 saturated heterocycles. The minimum absolute atomic E-state index is 0.239. The van der Waals surface area contributed by atoms with Gasteiger partial charge in [0.1, 0.15) is 5.60 Å². The molecule has 1 rings (SSSR count). The van der Waals surface area contributed by atoms with Gasteiger partial charge < -0.3 is 29.4 Å². The van der Waals surface area contributed by atoms with Crippen molar-refractivity contribution in [3.05, 3.63) is 0 Å². The molecule has 2 unspecified atom stereocenters. The van der Waals surface area contributed by atoms with Crippen LogP contribution in [0.25, 0.3) is 0 Å². The van der Waals surface area contributed by atoms with Crippen molar-refractivity contribution in [3.8, 4) is 0 Å². The summed E-state index contributed by atoms with van der Waals surface area (Å²) < 4.78 is 20.9. The predicted molar refractivity (Wildman–Crippen MR) is 66.7 cm³/mol. The fraction of sp³-hybridized carbons (Fsp3) is 1.00. The zero-order valence-electron chi connectivity index (χ0n) is 11.3. The highest BCUT2D eigenvalue weighted by Crippen LogP contribution is 2.21. The lowest BCUT2D eigenvalue weighted by Gasteiger charge is -2.26. The molecule has 0 radical (unpaired) electrons. The molecule has 2 atom stereocenters. The summed E-state index contributed by atoms with van der Waals surface area (Å²) in [5, 5.41) is 12.9. The van der Waals surface area contributed by atoms with Crippen LogP contribution in [0, 0.1) is 0 Å². The van der Waals surface area contributed by atoms with E-state index < -0.39 is 6.10 Å². The van der Waals surface area contributed by atoms with Crippen molar-refractivity contribution in [2.45, 2.75) is 18.1 Å². The lowest BCUT2D eigenvalue weighted by molar-refractivity contribution is -0.0212. The number of hydrogen-bond acceptors (Lipinski definition) is 6. The van der Waals surface area contributed by atoms with Crippen molar-refractivity contribution >= 4 is 0 Å². The molecule has 0 aromatic heterocycles. The Labute approximate surface area is 109 Å². The Bertz CT molecular complexity index is 209. The van der Waals surface area contributed by atoms with Crippen molar-refractivity contribution in [2.24, 2.45) is 0 Å². The molecule has 1 aliphatic heterocycles. The first-order chi connectivity index (χ1) is 8.72. The van der Waals surface area contributed by atoms with Gasteiger partial charge in [-0.3, -0.25) is 0 Å². The Morgan fingerprint density at radius 3 is 2.83 bits per heavy atom. The van der Waals surface area contributed by atoms with E-state index in [9.17, 15) is 5.11 Å². The Kier molecular flexibility index (Phi) is 7.73. The molecule has 2 N–H and O–H groups in total. The monoisotopic (exact) mass is 263 g/mol. The second-order valence-electron chi connectivity index (χ2n) is 4.54. The van der Waals surface area contributed by atoms with E-state index in [-0.39, 0.29) is 5.60 Å². The molecule has 0 amide bonds. The summed E-state index contributed by atoms with van der Waals surface area (Å²) >= 11 is 0. The van der Waals surface area contributed by atoms with Crippen molar-refractivity contribution in [2.75, 3.05) is 60.3 Å². The van der Waals surface area contributed by atoms with Gasteiger partial charge in [-0.25, -0.2) is 0 Å². The van der Waals surface area contributed by atoms with E-state index in [2.05, 4.69) is 5.32 Å². The van der Waals surface area contributed by atoms with Gasteiger partial charge in [0, 0.05) is 40.3 Å². The molecule has 1 heterocycles. The maximum atomic E-state index is 9.68. The lowest BCUT2D eigenvalue weighted by atomic mass is 10.0. The quantitative estimate of drug-likeness (QED) is 0.513. The van der Waals surface area contributed by atoms with Gasteiger partial charge in [-0.15, -0.1) is 0 Å². The first-order valence-electron chi connectivity index (χ1n) is 6.31. The molecule has 6 nitrogen and oxygen atoms in total. The fourth-order valence-corrected chi connectivity index (χ4v) is 1.85. The van der Waals surface area contributed by atoms with E-state index >= 15 is 0 Å². The minimum Gasteiger partial charge on any atom is -0.389 e. The van der Waals surface area contributed by atoms with Gasteiger partial charge >= 0.3 is 0 Å². The van der Waals surface area contributed by atoms with Gasteiger partial charge in [0.25, 0.3) is 0 Å². The first-order valence-corrected chi connectivity index (χ1v) is 6.31. The third-order valence-electron chi connectivity index (χ3n) is 3.07. The van der Waals surface area contributed by atoms with E-state index in [1.807, 2.05) is 0 Å². The number of methoxy groups -OCH3 is 2. The van der Waals surface area contributed by atoms with Crippen molar-refractivity contribution in [3.63, 3.8) is 0 Å². The molecule has 0 bridgehead atoms. The standard InChI is InChI=1S/C12H25NO5/c1-15-5-6-17-8-11(14)7-13-9-12(16-2)3-4-18-10-12/h11,13-14H,3-10H2,1-2H3. The molecule has 6 heteroatoms. The van der Waals surface area contributed by atoms with Gasteiger partial charge in [0.15, 0.2) is 0 Å². The Morgan fingerprint density at radius 1 is 1.39 bits per heavy atom. The van der Waals surface area contributed by atoms with Crippen molar-refractivity contribution in [1.29, 1.82) is 0 Å². The number of rotatable bonds is 10. The highest BCUT2D eigenvalue weighted by Gasteiger charge is 2.34. The molecule has 1 aliphatic rings. The lowest BCUT2D eigenvalue weighted by Crippen LogP contribution is -2.45. The average Bonchev–Trinajstić information content (AvgIpc) is 2.84. The predicted octanol–water partition coefficient (Wildman–Crippen LogP) is -0.595. The van der Waals surface area contributed by atoms with Crippen LogP contribution >= 0.6 is 0 Å². The molecule has 1 fully saturated rings. The molecule has 0 aromatic rings. The highest BCUT2D eigenvalue weighted by atomic mass is 16.5. The smallest absolute Gasteiger partial charge is 0.106 e. The molecule has 0 aliphatic carbocycles. The highest BCUT2D eigenvalue weighted by molar-refractivity contribution is 4.87. The largest absolute Gasteiger partial charge is 0.389 e. The summed E-state index contributed by atoms with van der Waals surface area (Å²) in [6.45, 7) is 3.87. The van der Waals surface area contributed by atoms with Crippen LogP contribution in [0.15, 0.2) is 0 Å². The maximum Gasteiger partial charge on any atom is 0.106 e. The summed E-state index contributed by atoms with van der Waals surface area (Å²) in [7, 11) is 3.32. The summed E-state index contributed by atoms with van der Waals surface area (Å²) in [6.07, 6.45) is 0.370. The van der Waals surface area contributed by atoms with Crippen LogP contribution < -0.4 is 5.32 Å². The number of aliphatic hydroxyl groups is 1. The van der Waals surface area contributed by atoms with Crippen LogP contribution in [-0.2, 0) is 18.9 Å². The van der Waals surface area contributed by atoms with Gasteiger partial charge in [-0.05, 0) is 0 Å². The van der Waals surface area contributed by atoms with Crippen LogP contribution in [0.3, 0.4) is 0 Å². The SMILES string of the molecule is COCCOCC(O)CNCC1(OC)CCOC1. The number of aliphatic hydroxyl groups excluding tert-OH is 1. The normalized spacial score (nSPS) is 25.5. The van der Waals surface area contributed by atoms with E-state index in [1.165, 1.54) is 0 Å². The molecule has 0 aromatic carbocycles. The first kappa shape index (κ1) is 15.8. The van der Waals surface area contributed by atoms with E-state index in [4.69, 9.17) is 18.9 Å². The third kappa shape index (κ3) is 5.60. The minimum atomic E-state index is -0.516. The zero-order valence-corrected chi connectivity index (χ0v) is 11.3. The number of ether oxygens (including phenoxy) is 4. The third-order valence-corrected chi connectivity index (χ3v) is 3.07.